The summed E-state index contributed by atoms with van der Waals surface area (Å²) in [6.45, 7) is 0. The van der Waals surface area contributed by atoms with Crippen molar-refractivity contribution in [2.45, 2.75) is 0 Å². The van der Waals surface area contributed by atoms with Crippen molar-refractivity contribution in [3.8, 4) is 22.6 Å². The fraction of sp³-hybridized carbons (Fsp3) is 0. The lowest BCUT2D eigenvalue weighted by molar-refractivity contribution is 0.620. The molecule has 1 N–H and O–H groups in total. The molecule has 2 heterocycles. The molecular weight excluding hydrogens is 448 g/mol. The van der Waals surface area contributed by atoms with E-state index in [1.165, 1.54) is 31.3 Å². The first-order chi connectivity index (χ1) is 17.3. The van der Waals surface area contributed by atoms with E-state index in [9.17, 15) is 0 Å². The van der Waals surface area contributed by atoms with Crippen LogP contribution in [0.25, 0.3) is 53.9 Å². The van der Waals surface area contributed by atoms with Crippen molar-refractivity contribution in [2.24, 2.45) is 0 Å². The predicted molar refractivity (Wildman–Crippen MR) is 147 cm³/mol. The third-order valence-corrected chi connectivity index (χ3v) is 7.47. The number of fused-ring (bicyclic) bond motifs is 4. The van der Waals surface area contributed by atoms with E-state index in [-0.39, 0.29) is 0 Å². The van der Waals surface area contributed by atoms with Gasteiger partial charge in [0.1, 0.15) is 5.52 Å². The van der Waals surface area contributed by atoms with Crippen LogP contribution in [0.2, 0.25) is 0 Å². The lowest BCUT2D eigenvalue weighted by Gasteiger charge is -2.13. The second kappa shape index (κ2) is 8.12. The largest absolute Gasteiger partial charge is 0.436 e. The molecule has 35 heavy (non-hydrogen) atoms. The van der Waals surface area contributed by atoms with E-state index in [1.807, 2.05) is 47.7 Å². The minimum absolute atomic E-state index is 0.634. The smallest absolute Gasteiger partial charge is 0.227 e. The summed E-state index contributed by atoms with van der Waals surface area (Å²) in [6.07, 6.45) is 0. The number of aromatic nitrogens is 1. The zero-order chi connectivity index (χ0) is 23.2. The maximum absolute atomic E-state index is 5.92. The van der Waals surface area contributed by atoms with Crippen LogP contribution in [0.4, 0.5) is 11.4 Å². The summed E-state index contributed by atoms with van der Waals surface area (Å²) < 4.78 is 8.56. The zero-order valence-corrected chi connectivity index (χ0v) is 19.5. The van der Waals surface area contributed by atoms with Crippen LogP contribution in [0, 0.1) is 0 Å². The minimum atomic E-state index is 0.634. The molecule has 166 valence electrons. The molecule has 0 saturated heterocycles. The molecule has 7 rings (SSSR count). The molecule has 0 aliphatic rings. The molecule has 0 amide bonds. The van der Waals surface area contributed by atoms with Crippen molar-refractivity contribution in [1.29, 1.82) is 0 Å². The van der Waals surface area contributed by atoms with Crippen LogP contribution in [-0.4, -0.2) is 4.98 Å². The van der Waals surface area contributed by atoms with E-state index in [1.54, 1.807) is 0 Å². The van der Waals surface area contributed by atoms with Crippen LogP contribution in [0.15, 0.2) is 120 Å². The Labute approximate surface area is 206 Å². The topological polar surface area (TPSA) is 38.1 Å². The van der Waals surface area contributed by atoms with Gasteiger partial charge in [0.05, 0.1) is 0 Å². The van der Waals surface area contributed by atoms with Gasteiger partial charge >= 0.3 is 0 Å². The average Bonchev–Trinajstić information content (AvgIpc) is 3.51. The Balaban J connectivity index is 1.22. The molecule has 0 fully saturated rings. The third kappa shape index (κ3) is 3.56. The van der Waals surface area contributed by atoms with Crippen molar-refractivity contribution in [1.82, 2.24) is 4.98 Å². The number of oxazole rings is 1. The van der Waals surface area contributed by atoms with Crippen LogP contribution in [-0.2, 0) is 0 Å². The third-order valence-electron chi connectivity index (χ3n) is 6.32. The molecule has 2 aromatic heterocycles. The molecule has 0 unspecified atom stereocenters. The first-order valence-corrected chi connectivity index (χ1v) is 12.4. The van der Waals surface area contributed by atoms with Gasteiger partial charge in [-0.15, -0.1) is 11.3 Å². The highest BCUT2D eigenvalue weighted by atomic mass is 32.1. The van der Waals surface area contributed by atoms with Crippen molar-refractivity contribution >= 4 is 54.0 Å². The second-order valence-electron chi connectivity index (χ2n) is 8.54. The molecule has 0 bridgehead atoms. The summed E-state index contributed by atoms with van der Waals surface area (Å²) in [7, 11) is 0. The zero-order valence-electron chi connectivity index (χ0n) is 18.7. The molecule has 0 aliphatic heterocycles. The summed E-state index contributed by atoms with van der Waals surface area (Å²) in [5.41, 5.74) is 7.08. The Morgan fingerprint density at radius 1 is 0.629 bits per heavy atom. The number of anilines is 2. The summed E-state index contributed by atoms with van der Waals surface area (Å²) >= 11 is 1.84. The van der Waals surface area contributed by atoms with Gasteiger partial charge in [-0.25, -0.2) is 4.98 Å². The Kier molecular flexibility index (Phi) is 4.64. The molecule has 0 atom stereocenters. The first kappa shape index (κ1) is 20.0. The van der Waals surface area contributed by atoms with Gasteiger partial charge in [0, 0.05) is 42.7 Å². The highest BCUT2D eigenvalue weighted by Gasteiger charge is 2.11. The van der Waals surface area contributed by atoms with Crippen LogP contribution >= 0.6 is 11.3 Å². The lowest BCUT2D eigenvalue weighted by Crippen LogP contribution is -1.93. The molecule has 0 saturated carbocycles. The number of thiophene rings is 1. The molecule has 4 heteroatoms. The van der Waals surface area contributed by atoms with Gasteiger partial charge < -0.3 is 9.73 Å². The number of rotatable bonds is 4. The number of benzene rings is 5. The lowest BCUT2D eigenvalue weighted by atomic mass is 10.0. The molecule has 7 aromatic rings. The summed E-state index contributed by atoms with van der Waals surface area (Å²) in [6, 6.07) is 39.9. The molecular formula is C31H20N2OS. The van der Waals surface area contributed by atoms with Gasteiger partial charge in [-0.1, -0.05) is 54.6 Å². The average molecular weight is 469 g/mol. The van der Waals surface area contributed by atoms with E-state index in [0.29, 0.717) is 5.89 Å². The van der Waals surface area contributed by atoms with Crippen LogP contribution < -0.4 is 5.32 Å². The molecule has 0 spiro atoms. The van der Waals surface area contributed by atoms with Gasteiger partial charge in [0.2, 0.25) is 5.89 Å². The minimum Gasteiger partial charge on any atom is -0.436 e. The maximum atomic E-state index is 5.92. The summed E-state index contributed by atoms with van der Waals surface area (Å²) in [5.74, 6) is 0.634. The van der Waals surface area contributed by atoms with Gasteiger partial charge in [-0.2, -0.15) is 0 Å². The quantitative estimate of drug-likeness (QED) is 0.280. The van der Waals surface area contributed by atoms with Crippen molar-refractivity contribution in [3.63, 3.8) is 0 Å². The Morgan fingerprint density at radius 3 is 2.29 bits per heavy atom. The SMILES string of the molecule is c1ccc(-c2ccc3sc4ccccc4c3c2)c(Nc2ccc(-c3nc4ccccc4o3)cc2)c1. The van der Waals surface area contributed by atoms with E-state index in [2.05, 4.69) is 89.2 Å². The Bertz CT molecular complexity index is 1800. The maximum Gasteiger partial charge on any atom is 0.227 e. The normalized spacial score (nSPS) is 11.4. The molecule has 3 nitrogen and oxygen atoms in total. The summed E-state index contributed by atoms with van der Waals surface area (Å²) in [5, 5.41) is 6.23. The van der Waals surface area contributed by atoms with E-state index in [4.69, 9.17) is 4.42 Å². The Morgan fingerprint density at radius 2 is 1.37 bits per heavy atom. The second-order valence-corrected chi connectivity index (χ2v) is 9.63. The van der Waals surface area contributed by atoms with Crippen molar-refractivity contribution < 1.29 is 4.42 Å². The molecule has 0 aliphatic carbocycles. The number of nitrogens with zero attached hydrogens (tertiary/aromatic N) is 1. The highest BCUT2D eigenvalue weighted by Crippen LogP contribution is 2.38. The van der Waals surface area contributed by atoms with Gasteiger partial charge in [0.15, 0.2) is 5.58 Å². The van der Waals surface area contributed by atoms with E-state index in [0.717, 1.165) is 28.0 Å². The Hall–Kier alpha value is -4.41. The standard InChI is InChI=1S/C31H20N2OS/c1-3-9-26(23(7-1)21-15-18-30-25(19-21)24-8-2-6-12-29(24)35-30)32-22-16-13-20(14-17-22)31-33-27-10-4-5-11-28(27)34-31/h1-19,32H. The highest BCUT2D eigenvalue weighted by molar-refractivity contribution is 7.25. The van der Waals surface area contributed by atoms with Crippen LogP contribution in [0.5, 0.6) is 0 Å². The van der Waals surface area contributed by atoms with Crippen LogP contribution in [0.1, 0.15) is 0 Å². The fourth-order valence-corrected chi connectivity index (χ4v) is 5.67. The number of hydrogen-bond donors (Lipinski definition) is 1. The number of hydrogen-bond acceptors (Lipinski definition) is 4. The van der Waals surface area contributed by atoms with Crippen LogP contribution in [0.3, 0.4) is 0 Å². The van der Waals surface area contributed by atoms with E-state index >= 15 is 0 Å². The first-order valence-electron chi connectivity index (χ1n) is 11.6. The molecule has 0 radical (unpaired) electrons. The van der Waals surface area contributed by atoms with Crippen molar-refractivity contribution in [2.75, 3.05) is 5.32 Å². The fourth-order valence-electron chi connectivity index (χ4n) is 4.58. The van der Waals surface area contributed by atoms with Gasteiger partial charge in [-0.3, -0.25) is 0 Å². The number of nitrogens with one attached hydrogen (secondary N) is 1. The monoisotopic (exact) mass is 468 g/mol. The van der Waals surface area contributed by atoms with Gasteiger partial charge in [-0.05, 0) is 66.2 Å². The van der Waals surface area contributed by atoms with Crippen molar-refractivity contribution in [3.05, 3.63) is 115 Å². The summed E-state index contributed by atoms with van der Waals surface area (Å²) in [4.78, 5) is 4.61. The van der Waals surface area contributed by atoms with Gasteiger partial charge in [0.25, 0.3) is 0 Å². The molecule has 5 aromatic carbocycles. The van der Waals surface area contributed by atoms with E-state index < -0.39 is 0 Å². The predicted octanol–water partition coefficient (Wildman–Crippen LogP) is 9.27. The number of para-hydroxylation sites is 3.